The van der Waals surface area contributed by atoms with Crippen molar-refractivity contribution in [3.05, 3.63) is 47.7 Å². The van der Waals surface area contributed by atoms with Gasteiger partial charge in [0.05, 0.1) is 0 Å². The van der Waals surface area contributed by atoms with E-state index < -0.39 is 0 Å². The Labute approximate surface area is 129 Å². The van der Waals surface area contributed by atoms with Crippen LogP contribution in [0.2, 0.25) is 0 Å². The summed E-state index contributed by atoms with van der Waals surface area (Å²) in [4.78, 5) is 5.66. The first kappa shape index (κ1) is 15.2. The van der Waals surface area contributed by atoms with E-state index in [1.165, 1.54) is 0 Å². The second-order valence-corrected chi connectivity index (χ2v) is 5.90. The molecule has 0 aliphatic heterocycles. The molecule has 2 rings (SSSR count). The molecule has 0 spiro atoms. The van der Waals surface area contributed by atoms with Crippen molar-refractivity contribution in [1.82, 2.24) is 4.98 Å². The maximum atomic E-state index is 5.95. The maximum absolute atomic E-state index is 5.95. The topological polar surface area (TPSA) is 22.1 Å². The van der Waals surface area contributed by atoms with Gasteiger partial charge in [-0.05, 0) is 35.9 Å². The van der Waals surface area contributed by atoms with Crippen molar-refractivity contribution < 1.29 is 4.74 Å². The van der Waals surface area contributed by atoms with Gasteiger partial charge in [0.2, 0.25) is 5.88 Å². The summed E-state index contributed by atoms with van der Waals surface area (Å²) in [6.07, 6.45) is 2.03. The molecule has 106 valence electrons. The van der Waals surface area contributed by atoms with Crippen LogP contribution in [0.3, 0.4) is 0 Å². The van der Waals surface area contributed by atoms with Gasteiger partial charge in [0, 0.05) is 22.5 Å². The molecule has 0 fully saturated rings. The molecular formula is C16H18ClNOS. The Kier molecular flexibility index (Phi) is 5.32. The molecule has 1 aromatic carbocycles. The lowest BCUT2D eigenvalue weighted by molar-refractivity contribution is 0.448. The summed E-state index contributed by atoms with van der Waals surface area (Å²) in [5.74, 6) is 2.24. The Morgan fingerprint density at radius 1 is 1.25 bits per heavy atom. The summed E-state index contributed by atoms with van der Waals surface area (Å²) < 4.78 is 5.94. The van der Waals surface area contributed by atoms with Gasteiger partial charge in [0.25, 0.3) is 0 Å². The molecule has 0 aliphatic rings. The third-order valence-electron chi connectivity index (χ3n) is 2.91. The Balaban J connectivity index is 2.35. The second kappa shape index (κ2) is 7.00. The highest BCUT2D eigenvalue weighted by atomic mass is 35.5. The summed E-state index contributed by atoms with van der Waals surface area (Å²) in [6, 6.07) is 11.9. The lowest BCUT2D eigenvalue weighted by Gasteiger charge is -2.12. The minimum absolute atomic E-state index is 0.344. The summed E-state index contributed by atoms with van der Waals surface area (Å²) in [5, 5.41) is 0. The van der Waals surface area contributed by atoms with E-state index in [2.05, 4.69) is 18.8 Å². The minimum atomic E-state index is 0.344. The van der Waals surface area contributed by atoms with Crippen LogP contribution in [0.5, 0.6) is 11.6 Å². The fourth-order valence-corrected chi connectivity index (χ4v) is 2.50. The van der Waals surface area contributed by atoms with Crippen molar-refractivity contribution in [2.45, 2.75) is 30.5 Å². The van der Waals surface area contributed by atoms with Crippen molar-refractivity contribution in [2.75, 3.05) is 6.26 Å². The van der Waals surface area contributed by atoms with Crippen molar-refractivity contribution in [3.8, 4) is 11.6 Å². The van der Waals surface area contributed by atoms with Gasteiger partial charge in [-0.15, -0.1) is 23.4 Å². The fourth-order valence-electron chi connectivity index (χ4n) is 1.82. The Morgan fingerprint density at radius 3 is 2.65 bits per heavy atom. The van der Waals surface area contributed by atoms with Gasteiger partial charge in [-0.3, -0.25) is 0 Å². The second-order valence-electron chi connectivity index (χ2n) is 4.78. The number of thioether (sulfide) groups is 1. The van der Waals surface area contributed by atoms with Gasteiger partial charge in [-0.1, -0.05) is 26.0 Å². The number of hydrogen-bond donors (Lipinski definition) is 0. The Morgan fingerprint density at radius 2 is 2.00 bits per heavy atom. The standard InChI is InChI=1S/C16H18ClNOS/c1-11(2)13-8-12(10-17)9-16(18-13)19-14-6-4-5-7-15(14)20-3/h4-9,11H,10H2,1-3H3. The molecule has 20 heavy (non-hydrogen) atoms. The molecule has 0 unspecified atom stereocenters. The largest absolute Gasteiger partial charge is 0.438 e. The van der Waals surface area contributed by atoms with Crippen LogP contribution in [0, 0.1) is 0 Å². The smallest absolute Gasteiger partial charge is 0.219 e. The van der Waals surface area contributed by atoms with Crippen LogP contribution in [0.15, 0.2) is 41.3 Å². The molecule has 1 heterocycles. The first-order chi connectivity index (χ1) is 9.63. The van der Waals surface area contributed by atoms with Crippen LogP contribution < -0.4 is 4.74 Å². The molecule has 0 saturated carbocycles. The average molecular weight is 308 g/mol. The molecule has 0 bridgehead atoms. The van der Waals surface area contributed by atoms with Crippen LogP contribution in [0.1, 0.15) is 31.0 Å². The number of benzene rings is 1. The van der Waals surface area contributed by atoms with Crippen molar-refractivity contribution >= 4 is 23.4 Å². The molecule has 4 heteroatoms. The van der Waals surface area contributed by atoms with Crippen LogP contribution in [-0.4, -0.2) is 11.2 Å². The van der Waals surface area contributed by atoms with Gasteiger partial charge in [-0.25, -0.2) is 4.98 Å². The molecule has 0 aliphatic carbocycles. The molecule has 0 amide bonds. The highest BCUT2D eigenvalue weighted by Crippen LogP contribution is 2.31. The van der Waals surface area contributed by atoms with E-state index in [4.69, 9.17) is 16.3 Å². The molecular weight excluding hydrogens is 290 g/mol. The number of para-hydroxylation sites is 1. The van der Waals surface area contributed by atoms with Crippen molar-refractivity contribution in [3.63, 3.8) is 0 Å². The van der Waals surface area contributed by atoms with Gasteiger partial charge in [0.15, 0.2) is 0 Å². The number of ether oxygens (including phenoxy) is 1. The van der Waals surface area contributed by atoms with E-state index in [0.717, 1.165) is 21.9 Å². The van der Waals surface area contributed by atoms with E-state index in [9.17, 15) is 0 Å². The highest BCUT2D eigenvalue weighted by Gasteiger charge is 2.09. The highest BCUT2D eigenvalue weighted by molar-refractivity contribution is 7.98. The summed E-state index contributed by atoms with van der Waals surface area (Å²) in [6.45, 7) is 4.22. The quantitative estimate of drug-likeness (QED) is 0.541. The van der Waals surface area contributed by atoms with E-state index in [1.807, 2.05) is 42.7 Å². The summed E-state index contributed by atoms with van der Waals surface area (Å²) in [7, 11) is 0. The molecule has 1 aromatic heterocycles. The summed E-state index contributed by atoms with van der Waals surface area (Å²) >= 11 is 7.61. The predicted molar refractivity (Wildman–Crippen MR) is 86.2 cm³/mol. The van der Waals surface area contributed by atoms with Crippen LogP contribution in [0.4, 0.5) is 0 Å². The van der Waals surface area contributed by atoms with Crippen LogP contribution in [-0.2, 0) is 5.88 Å². The maximum Gasteiger partial charge on any atom is 0.219 e. The third-order valence-corrected chi connectivity index (χ3v) is 4.00. The number of nitrogens with zero attached hydrogens (tertiary/aromatic N) is 1. The number of hydrogen-bond acceptors (Lipinski definition) is 3. The Hall–Kier alpha value is -1.19. The van der Waals surface area contributed by atoms with Gasteiger partial charge < -0.3 is 4.74 Å². The van der Waals surface area contributed by atoms with E-state index in [-0.39, 0.29) is 0 Å². The first-order valence-electron chi connectivity index (χ1n) is 6.51. The molecule has 2 nitrogen and oxygen atoms in total. The normalized spacial score (nSPS) is 10.8. The average Bonchev–Trinajstić information content (AvgIpc) is 2.47. The number of aromatic nitrogens is 1. The molecule has 0 atom stereocenters. The molecule has 0 radical (unpaired) electrons. The number of alkyl halides is 1. The number of halogens is 1. The van der Waals surface area contributed by atoms with E-state index >= 15 is 0 Å². The zero-order valence-electron chi connectivity index (χ0n) is 11.9. The molecule has 0 N–H and O–H groups in total. The minimum Gasteiger partial charge on any atom is -0.438 e. The zero-order chi connectivity index (χ0) is 14.5. The number of rotatable bonds is 5. The monoisotopic (exact) mass is 307 g/mol. The zero-order valence-corrected chi connectivity index (χ0v) is 13.5. The molecule has 0 saturated heterocycles. The summed E-state index contributed by atoms with van der Waals surface area (Å²) in [5.41, 5.74) is 2.03. The third kappa shape index (κ3) is 3.68. The fraction of sp³-hybridized carbons (Fsp3) is 0.312. The lowest BCUT2D eigenvalue weighted by atomic mass is 10.1. The lowest BCUT2D eigenvalue weighted by Crippen LogP contribution is -1.98. The SMILES string of the molecule is CSc1ccccc1Oc1cc(CCl)cc(C(C)C)n1. The van der Waals surface area contributed by atoms with Gasteiger partial charge >= 0.3 is 0 Å². The Bertz CT molecular complexity index is 586. The predicted octanol–water partition coefficient (Wildman–Crippen LogP) is 5.46. The van der Waals surface area contributed by atoms with Gasteiger partial charge in [0.1, 0.15) is 5.75 Å². The number of pyridine rings is 1. The van der Waals surface area contributed by atoms with Crippen LogP contribution in [0.25, 0.3) is 0 Å². The van der Waals surface area contributed by atoms with E-state index in [0.29, 0.717) is 17.7 Å². The van der Waals surface area contributed by atoms with E-state index in [1.54, 1.807) is 11.8 Å². The van der Waals surface area contributed by atoms with Crippen molar-refractivity contribution in [2.24, 2.45) is 0 Å². The molecule has 2 aromatic rings. The van der Waals surface area contributed by atoms with Crippen LogP contribution >= 0.6 is 23.4 Å². The van der Waals surface area contributed by atoms with Crippen molar-refractivity contribution in [1.29, 1.82) is 0 Å². The van der Waals surface area contributed by atoms with Gasteiger partial charge in [-0.2, -0.15) is 0 Å². The first-order valence-corrected chi connectivity index (χ1v) is 8.27.